The van der Waals surface area contributed by atoms with Crippen LogP contribution in [0.2, 0.25) is 0 Å². The van der Waals surface area contributed by atoms with Crippen LogP contribution in [-0.2, 0) is 16.1 Å². The fourth-order valence-corrected chi connectivity index (χ4v) is 2.10. The lowest BCUT2D eigenvalue weighted by Crippen LogP contribution is -2.16. The molecule has 0 saturated heterocycles. The maximum atomic E-state index is 10.9. The zero-order chi connectivity index (χ0) is 13.4. The largest absolute Gasteiger partial charge is 0.496 e. The van der Waals surface area contributed by atoms with Gasteiger partial charge >= 0.3 is 5.97 Å². The molecule has 0 aliphatic heterocycles. The van der Waals surface area contributed by atoms with E-state index in [0.717, 1.165) is 29.7 Å². The van der Waals surface area contributed by atoms with Crippen LogP contribution in [0, 0.1) is 0 Å². The third-order valence-corrected chi connectivity index (χ3v) is 3.13. The minimum atomic E-state index is -0.163. The molecule has 0 heterocycles. The van der Waals surface area contributed by atoms with Gasteiger partial charge in [0.1, 0.15) is 5.75 Å². The van der Waals surface area contributed by atoms with E-state index in [1.165, 1.54) is 12.7 Å². The molecule has 0 aliphatic carbocycles. The number of esters is 1. The molecule has 0 amide bonds. The number of carbonyl (C=O) groups excluding carboxylic acids is 1. The van der Waals surface area contributed by atoms with Crippen LogP contribution >= 0.6 is 15.9 Å². The number of carbonyl (C=O) groups is 1. The topological polar surface area (TPSA) is 47.6 Å². The van der Waals surface area contributed by atoms with Gasteiger partial charge in [-0.25, -0.2) is 0 Å². The van der Waals surface area contributed by atoms with E-state index >= 15 is 0 Å². The van der Waals surface area contributed by atoms with Crippen molar-refractivity contribution in [2.45, 2.75) is 19.4 Å². The van der Waals surface area contributed by atoms with Crippen LogP contribution in [0.1, 0.15) is 18.4 Å². The first-order chi connectivity index (χ1) is 8.67. The molecule has 1 aromatic rings. The predicted octanol–water partition coefficient (Wildman–Crippen LogP) is 2.50. The monoisotopic (exact) mass is 315 g/mol. The van der Waals surface area contributed by atoms with Gasteiger partial charge in [-0.15, -0.1) is 0 Å². The fraction of sp³-hybridized carbons (Fsp3) is 0.462. The lowest BCUT2D eigenvalue weighted by atomic mass is 10.2. The van der Waals surface area contributed by atoms with E-state index in [-0.39, 0.29) is 5.97 Å². The van der Waals surface area contributed by atoms with E-state index in [1.54, 1.807) is 7.11 Å². The summed E-state index contributed by atoms with van der Waals surface area (Å²) >= 11 is 3.44. The number of halogens is 1. The summed E-state index contributed by atoms with van der Waals surface area (Å²) in [5, 5.41) is 3.28. The number of methoxy groups -OCH3 is 2. The molecule has 1 N–H and O–H groups in total. The van der Waals surface area contributed by atoms with Crippen molar-refractivity contribution in [3.05, 3.63) is 28.2 Å². The molecule has 0 unspecified atom stereocenters. The van der Waals surface area contributed by atoms with Gasteiger partial charge in [0.15, 0.2) is 0 Å². The number of benzene rings is 1. The fourth-order valence-electron chi connectivity index (χ4n) is 1.51. The van der Waals surface area contributed by atoms with Gasteiger partial charge in [0.25, 0.3) is 0 Å². The zero-order valence-corrected chi connectivity index (χ0v) is 12.2. The maximum Gasteiger partial charge on any atom is 0.305 e. The number of rotatable bonds is 7. The van der Waals surface area contributed by atoms with Gasteiger partial charge in [0.2, 0.25) is 0 Å². The molecule has 0 fully saturated rings. The highest BCUT2D eigenvalue weighted by molar-refractivity contribution is 9.10. The van der Waals surface area contributed by atoms with E-state index < -0.39 is 0 Å². The quantitative estimate of drug-likeness (QED) is 0.620. The Morgan fingerprint density at radius 2 is 2.17 bits per heavy atom. The minimum absolute atomic E-state index is 0.163. The molecule has 1 rings (SSSR count). The normalized spacial score (nSPS) is 10.2. The van der Waals surface area contributed by atoms with Crippen LogP contribution in [0.4, 0.5) is 0 Å². The first kappa shape index (κ1) is 15.0. The summed E-state index contributed by atoms with van der Waals surface area (Å²) in [4.78, 5) is 10.9. The van der Waals surface area contributed by atoms with Crippen LogP contribution in [0.5, 0.6) is 5.75 Å². The molecule has 5 heteroatoms. The first-order valence-electron chi connectivity index (χ1n) is 5.77. The number of ether oxygens (including phenoxy) is 2. The van der Waals surface area contributed by atoms with Gasteiger partial charge in [-0.3, -0.25) is 4.79 Å². The van der Waals surface area contributed by atoms with Crippen molar-refractivity contribution in [3.8, 4) is 5.75 Å². The highest BCUT2D eigenvalue weighted by Gasteiger charge is 2.02. The Morgan fingerprint density at radius 3 is 2.78 bits per heavy atom. The summed E-state index contributed by atoms with van der Waals surface area (Å²) in [6.45, 7) is 1.56. The Labute approximate surface area is 116 Å². The Kier molecular flexibility index (Phi) is 6.75. The van der Waals surface area contributed by atoms with E-state index in [9.17, 15) is 4.79 Å². The van der Waals surface area contributed by atoms with Crippen LogP contribution < -0.4 is 10.1 Å². The molecule has 0 radical (unpaired) electrons. The molecule has 18 heavy (non-hydrogen) atoms. The van der Waals surface area contributed by atoms with E-state index in [0.29, 0.717) is 6.42 Å². The van der Waals surface area contributed by atoms with Crippen LogP contribution in [-0.4, -0.2) is 26.7 Å². The van der Waals surface area contributed by atoms with Crippen molar-refractivity contribution in [1.82, 2.24) is 5.32 Å². The van der Waals surface area contributed by atoms with Crippen molar-refractivity contribution in [2.24, 2.45) is 0 Å². The van der Waals surface area contributed by atoms with Gasteiger partial charge in [0, 0.05) is 13.0 Å². The van der Waals surface area contributed by atoms with Crippen LogP contribution in [0.3, 0.4) is 0 Å². The van der Waals surface area contributed by atoms with Crippen molar-refractivity contribution < 1.29 is 14.3 Å². The third kappa shape index (κ3) is 5.06. The molecular formula is C13H18BrNO3. The Morgan fingerprint density at radius 1 is 1.39 bits per heavy atom. The Hall–Kier alpha value is -1.07. The van der Waals surface area contributed by atoms with Crippen molar-refractivity contribution in [3.63, 3.8) is 0 Å². The number of nitrogens with one attached hydrogen (secondary N) is 1. The number of hydrogen-bond acceptors (Lipinski definition) is 4. The summed E-state index contributed by atoms with van der Waals surface area (Å²) in [6, 6.07) is 5.96. The smallest absolute Gasteiger partial charge is 0.305 e. The van der Waals surface area contributed by atoms with Gasteiger partial charge < -0.3 is 14.8 Å². The summed E-state index contributed by atoms with van der Waals surface area (Å²) in [5.41, 5.74) is 1.17. The van der Waals surface area contributed by atoms with Crippen molar-refractivity contribution >= 4 is 21.9 Å². The lowest BCUT2D eigenvalue weighted by molar-refractivity contribution is -0.140. The second-order valence-electron chi connectivity index (χ2n) is 3.83. The predicted molar refractivity (Wildman–Crippen MR) is 73.7 cm³/mol. The minimum Gasteiger partial charge on any atom is -0.496 e. The van der Waals surface area contributed by atoms with E-state index in [1.807, 2.05) is 18.2 Å². The SMILES string of the molecule is COC(=O)CCCNCc1ccc(OC)c(Br)c1. The summed E-state index contributed by atoms with van der Waals surface area (Å²) < 4.78 is 10.7. The number of hydrogen-bond donors (Lipinski definition) is 1. The molecule has 0 aromatic heterocycles. The highest BCUT2D eigenvalue weighted by atomic mass is 79.9. The van der Waals surface area contributed by atoms with Gasteiger partial charge in [-0.2, -0.15) is 0 Å². The molecule has 4 nitrogen and oxygen atoms in total. The van der Waals surface area contributed by atoms with Gasteiger partial charge in [-0.1, -0.05) is 6.07 Å². The Balaban J connectivity index is 2.27. The standard InChI is InChI=1S/C13H18BrNO3/c1-17-12-6-5-10(8-11(12)14)9-15-7-3-4-13(16)18-2/h5-6,8,15H,3-4,7,9H2,1-2H3. The summed E-state index contributed by atoms with van der Waals surface area (Å²) in [6.07, 6.45) is 1.24. The molecule has 100 valence electrons. The average Bonchev–Trinajstić information content (AvgIpc) is 2.38. The van der Waals surface area contributed by atoms with Crippen molar-refractivity contribution in [1.29, 1.82) is 0 Å². The summed E-state index contributed by atoms with van der Waals surface area (Å²) in [7, 11) is 3.05. The highest BCUT2D eigenvalue weighted by Crippen LogP contribution is 2.25. The van der Waals surface area contributed by atoms with Gasteiger partial charge in [-0.05, 0) is 46.6 Å². The third-order valence-electron chi connectivity index (χ3n) is 2.51. The van der Waals surface area contributed by atoms with Crippen LogP contribution in [0.15, 0.2) is 22.7 Å². The second-order valence-corrected chi connectivity index (χ2v) is 4.68. The van der Waals surface area contributed by atoms with Gasteiger partial charge in [0.05, 0.1) is 18.7 Å². The molecule has 0 saturated carbocycles. The zero-order valence-electron chi connectivity index (χ0n) is 10.7. The maximum absolute atomic E-state index is 10.9. The van der Waals surface area contributed by atoms with Crippen LogP contribution in [0.25, 0.3) is 0 Å². The Bertz CT molecular complexity index is 396. The summed E-state index contributed by atoms with van der Waals surface area (Å²) in [5.74, 6) is 0.661. The molecule has 1 aromatic carbocycles. The van der Waals surface area contributed by atoms with E-state index in [4.69, 9.17) is 4.74 Å². The molecule has 0 aliphatic rings. The van der Waals surface area contributed by atoms with Crippen molar-refractivity contribution in [2.75, 3.05) is 20.8 Å². The molecular weight excluding hydrogens is 298 g/mol. The second kappa shape index (κ2) is 8.11. The molecule has 0 spiro atoms. The first-order valence-corrected chi connectivity index (χ1v) is 6.56. The lowest BCUT2D eigenvalue weighted by Gasteiger charge is -2.07. The molecule has 0 bridgehead atoms. The van der Waals surface area contributed by atoms with E-state index in [2.05, 4.69) is 26.0 Å². The molecule has 0 atom stereocenters. The average molecular weight is 316 g/mol.